The molecule has 1 fully saturated rings. The van der Waals surface area contributed by atoms with Crippen LogP contribution in [0.1, 0.15) is 11.4 Å². The summed E-state index contributed by atoms with van der Waals surface area (Å²) >= 11 is 1.44. The summed E-state index contributed by atoms with van der Waals surface area (Å²) in [6, 6.07) is 17.5. The third-order valence-corrected chi connectivity index (χ3v) is 6.59. The standard InChI is InChI=1S/C24H23N7O2S/c1-17-5-4-6-18(15-17)31-23(29-11-13-33-14-12-29)27-28-24(31)34-16-21-26-20-8-3-2-7-19(20)22(32)30(21)10-9-25/h2-8,15H,10-14,16H2,1H3. The molecule has 1 aliphatic rings. The lowest BCUT2D eigenvalue weighted by Gasteiger charge is -2.28. The lowest BCUT2D eigenvalue weighted by atomic mass is 10.2. The zero-order valence-corrected chi connectivity index (χ0v) is 19.5. The summed E-state index contributed by atoms with van der Waals surface area (Å²) in [5.41, 5.74) is 2.51. The van der Waals surface area contributed by atoms with E-state index in [0.29, 0.717) is 40.9 Å². The van der Waals surface area contributed by atoms with Gasteiger partial charge in [-0.3, -0.25) is 13.9 Å². The molecule has 0 amide bonds. The number of para-hydroxylation sites is 1. The molecule has 0 bridgehead atoms. The van der Waals surface area contributed by atoms with Crippen LogP contribution >= 0.6 is 11.8 Å². The van der Waals surface area contributed by atoms with Gasteiger partial charge in [0.05, 0.1) is 41.6 Å². The molecular weight excluding hydrogens is 450 g/mol. The Morgan fingerprint density at radius 1 is 1.12 bits per heavy atom. The summed E-state index contributed by atoms with van der Waals surface area (Å²) in [6.45, 7) is 4.76. The van der Waals surface area contributed by atoms with Crippen molar-refractivity contribution in [2.75, 3.05) is 31.2 Å². The zero-order chi connectivity index (χ0) is 23.5. The average Bonchev–Trinajstić information content (AvgIpc) is 3.29. The molecule has 5 rings (SSSR count). The summed E-state index contributed by atoms with van der Waals surface area (Å²) in [5, 5.41) is 19.5. The van der Waals surface area contributed by atoms with Gasteiger partial charge in [0.25, 0.3) is 5.56 Å². The van der Waals surface area contributed by atoms with Gasteiger partial charge < -0.3 is 9.64 Å². The minimum Gasteiger partial charge on any atom is -0.378 e. The number of morpholine rings is 1. The minimum atomic E-state index is -0.211. The van der Waals surface area contributed by atoms with Gasteiger partial charge in [0.1, 0.15) is 12.4 Å². The molecule has 10 heteroatoms. The average molecular weight is 474 g/mol. The number of hydrogen-bond donors (Lipinski definition) is 0. The maximum atomic E-state index is 13.0. The third kappa shape index (κ3) is 4.27. The summed E-state index contributed by atoms with van der Waals surface area (Å²) < 4.78 is 8.98. The first-order valence-corrected chi connectivity index (χ1v) is 12.0. The number of aromatic nitrogens is 5. The monoisotopic (exact) mass is 473 g/mol. The van der Waals surface area contributed by atoms with Crippen LogP contribution < -0.4 is 10.5 Å². The number of nitriles is 1. The van der Waals surface area contributed by atoms with E-state index < -0.39 is 0 Å². The largest absolute Gasteiger partial charge is 0.378 e. The Balaban J connectivity index is 1.54. The summed E-state index contributed by atoms with van der Waals surface area (Å²) in [6.07, 6.45) is 0. The molecule has 2 aromatic heterocycles. The van der Waals surface area contributed by atoms with Crippen molar-refractivity contribution in [3.8, 4) is 11.8 Å². The number of rotatable bonds is 6. The van der Waals surface area contributed by atoms with Gasteiger partial charge in [-0.1, -0.05) is 36.0 Å². The number of anilines is 1. The molecule has 2 aromatic carbocycles. The Morgan fingerprint density at radius 3 is 2.74 bits per heavy atom. The smallest absolute Gasteiger partial charge is 0.262 e. The summed E-state index contributed by atoms with van der Waals surface area (Å²) in [7, 11) is 0. The number of aryl methyl sites for hydroxylation is 1. The van der Waals surface area contributed by atoms with E-state index in [1.54, 1.807) is 12.1 Å². The topological polar surface area (TPSA) is 102 Å². The predicted molar refractivity (Wildman–Crippen MR) is 130 cm³/mol. The molecule has 9 nitrogen and oxygen atoms in total. The highest BCUT2D eigenvalue weighted by Gasteiger charge is 2.22. The van der Waals surface area contributed by atoms with E-state index in [9.17, 15) is 10.1 Å². The second kappa shape index (κ2) is 9.67. The first-order chi connectivity index (χ1) is 16.7. The second-order valence-electron chi connectivity index (χ2n) is 7.94. The normalized spacial score (nSPS) is 13.8. The molecule has 172 valence electrons. The fraction of sp³-hybridized carbons (Fsp3) is 0.292. The molecule has 0 saturated carbocycles. The van der Waals surface area contributed by atoms with E-state index in [4.69, 9.17) is 4.74 Å². The van der Waals surface area contributed by atoms with Gasteiger partial charge in [-0.25, -0.2) is 4.98 Å². The molecule has 4 aromatic rings. The number of fused-ring (bicyclic) bond motifs is 1. The molecule has 1 aliphatic heterocycles. The molecule has 0 atom stereocenters. The van der Waals surface area contributed by atoms with Gasteiger partial charge in [-0.15, -0.1) is 10.2 Å². The Bertz CT molecular complexity index is 1430. The van der Waals surface area contributed by atoms with Crippen molar-refractivity contribution < 1.29 is 4.74 Å². The van der Waals surface area contributed by atoms with Crippen LogP contribution in [0.15, 0.2) is 58.5 Å². The highest BCUT2D eigenvalue weighted by Crippen LogP contribution is 2.29. The lowest BCUT2D eigenvalue weighted by molar-refractivity contribution is 0.122. The van der Waals surface area contributed by atoms with Crippen molar-refractivity contribution in [2.45, 2.75) is 24.4 Å². The Hall–Kier alpha value is -3.68. The van der Waals surface area contributed by atoms with Crippen LogP contribution in [-0.4, -0.2) is 50.6 Å². The third-order valence-electron chi connectivity index (χ3n) is 5.67. The number of hydrogen-bond acceptors (Lipinski definition) is 8. The molecule has 1 saturated heterocycles. The van der Waals surface area contributed by atoms with Crippen molar-refractivity contribution in [1.29, 1.82) is 5.26 Å². The molecule has 3 heterocycles. The van der Waals surface area contributed by atoms with Crippen LogP contribution in [0.3, 0.4) is 0 Å². The van der Waals surface area contributed by atoms with Gasteiger partial charge in [-0.2, -0.15) is 5.26 Å². The minimum absolute atomic E-state index is 0.0594. The van der Waals surface area contributed by atoms with Crippen LogP contribution in [0.5, 0.6) is 0 Å². The van der Waals surface area contributed by atoms with Gasteiger partial charge in [0.15, 0.2) is 5.16 Å². The second-order valence-corrected chi connectivity index (χ2v) is 8.88. The molecule has 34 heavy (non-hydrogen) atoms. The van der Waals surface area contributed by atoms with E-state index in [2.05, 4.69) is 45.2 Å². The molecule has 0 radical (unpaired) electrons. The highest BCUT2D eigenvalue weighted by atomic mass is 32.2. The number of ether oxygens (including phenoxy) is 1. The van der Waals surface area contributed by atoms with Crippen LogP contribution in [0, 0.1) is 18.3 Å². The Morgan fingerprint density at radius 2 is 1.94 bits per heavy atom. The molecule has 0 spiro atoms. The summed E-state index contributed by atoms with van der Waals surface area (Å²) in [4.78, 5) is 19.9. The number of thioether (sulfide) groups is 1. The first-order valence-electron chi connectivity index (χ1n) is 11.0. The van der Waals surface area contributed by atoms with Gasteiger partial charge >= 0.3 is 0 Å². The van der Waals surface area contributed by atoms with Crippen molar-refractivity contribution in [3.05, 3.63) is 70.3 Å². The van der Waals surface area contributed by atoms with Gasteiger partial charge in [0.2, 0.25) is 5.95 Å². The fourth-order valence-corrected chi connectivity index (χ4v) is 4.90. The number of benzene rings is 2. The van der Waals surface area contributed by atoms with Crippen LogP contribution in [-0.2, 0) is 17.0 Å². The molecule has 0 unspecified atom stereocenters. The van der Waals surface area contributed by atoms with Gasteiger partial charge in [0, 0.05) is 13.1 Å². The first kappa shape index (κ1) is 22.1. The zero-order valence-electron chi connectivity index (χ0n) is 18.7. The van der Waals surface area contributed by atoms with E-state index >= 15 is 0 Å². The molecular formula is C24H23N7O2S. The van der Waals surface area contributed by atoms with Crippen molar-refractivity contribution in [3.63, 3.8) is 0 Å². The quantitative estimate of drug-likeness (QED) is 0.394. The van der Waals surface area contributed by atoms with Crippen molar-refractivity contribution in [2.24, 2.45) is 0 Å². The lowest BCUT2D eigenvalue weighted by Crippen LogP contribution is -2.37. The van der Waals surface area contributed by atoms with Crippen LogP contribution in [0.2, 0.25) is 0 Å². The Labute approximate surface area is 200 Å². The predicted octanol–water partition coefficient (Wildman–Crippen LogP) is 2.94. The van der Waals surface area contributed by atoms with E-state index in [-0.39, 0.29) is 12.1 Å². The van der Waals surface area contributed by atoms with E-state index in [1.165, 1.54) is 16.3 Å². The van der Waals surface area contributed by atoms with Crippen LogP contribution in [0.4, 0.5) is 5.95 Å². The van der Waals surface area contributed by atoms with E-state index in [1.807, 2.05) is 28.8 Å². The van der Waals surface area contributed by atoms with Crippen molar-refractivity contribution in [1.82, 2.24) is 24.3 Å². The fourth-order valence-electron chi connectivity index (χ4n) is 4.00. The molecule has 0 aliphatic carbocycles. The Kier molecular flexibility index (Phi) is 6.29. The van der Waals surface area contributed by atoms with E-state index in [0.717, 1.165) is 30.3 Å². The summed E-state index contributed by atoms with van der Waals surface area (Å²) in [5.74, 6) is 1.66. The van der Waals surface area contributed by atoms with Gasteiger partial charge in [-0.05, 0) is 36.8 Å². The highest BCUT2D eigenvalue weighted by molar-refractivity contribution is 7.98. The maximum Gasteiger partial charge on any atom is 0.262 e. The van der Waals surface area contributed by atoms with Crippen LogP contribution in [0.25, 0.3) is 16.6 Å². The molecule has 0 N–H and O–H groups in total. The SMILES string of the molecule is Cc1cccc(-n2c(SCc3nc4ccccc4c(=O)n3CC#N)nnc2N2CCOCC2)c1. The maximum absolute atomic E-state index is 13.0. The number of nitrogens with zero attached hydrogens (tertiary/aromatic N) is 7. The van der Waals surface area contributed by atoms with Crippen molar-refractivity contribution >= 4 is 28.6 Å².